The van der Waals surface area contributed by atoms with Crippen molar-refractivity contribution < 1.29 is 4.74 Å². The Kier molecular flexibility index (Phi) is 4.58. The predicted octanol–water partition coefficient (Wildman–Crippen LogP) is 3.35. The minimum absolute atomic E-state index is 0.000753. The van der Waals surface area contributed by atoms with Crippen molar-refractivity contribution in [1.82, 2.24) is 19.7 Å². The quantitative estimate of drug-likeness (QED) is 0.750. The van der Waals surface area contributed by atoms with Crippen LogP contribution in [0.2, 0.25) is 0 Å². The van der Waals surface area contributed by atoms with Gasteiger partial charge in [0.25, 0.3) is 0 Å². The summed E-state index contributed by atoms with van der Waals surface area (Å²) in [6, 6.07) is 4.12. The molecule has 0 aromatic carbocycles. The van der Waals surface area contributed by atoms with Gasteiger partial charge in [0.1, 0.15) is 17.7 Å². The summed E-state index contributed by atoms with van der Waals surface area (Å²) >= 11 is 1.69. The maximum atomic E-state index is 5.60. The fraction of sp³-hybridized carbons (Fsp3) is 0.438. The maximum Gasteiger partial charge on any atom is 0.163 e. The maximum absolute atomic E-state index is 5.60. The number of aryl methyl sites for hydroxylation is 1. The van der Waals surface area contributed by atoms with Crippen molar-refractivity contribution >= 4 is 28.2 Å². The Morgan fingerprint density at radius 2 is 2.17 bits per heavy atom. The van der Waals surface area contributed by atoms with Crippen LogP contribution in [0.25, 0.3) is 11.0 Å². The zero-order valence-electron chi connectivity index (χ0n) is 13.8. The van der Waals surface area contributed by atoms with Gasteiger partial charge in [0.15, 0.2) is 5.65 Å². The van der Waals surface area contributed by atoms with E-state index in [-0.39, 0.29) is 12.0 Å². The lowest BCUT2D eigenvalue weighted by molar-refractivity contribution is 0.117. The van der Waals surface area contributed by atoms with Crippen LogP contribution in [0.4, 0.5) is 5.82 Å². The molecule has 0 amide bonds. The fourth-order valence-electron chi connectivity index (χ4n) is 2.40. The monoisotopic (exact) mass is 331 g/mol. The minimum Gasteiger partial charge on any atom is -0.374 e. The van der Waals surface area contributed by atoms with E-state index in [4.69, 9.17) is 4.74 Å². The number of rotatable bonds is 6. The molecule has 122 valence electrons. The summed E-state index contributed by atoms with van der Waals surface area (Å²) in [5.41, 5.74) is 0.844. The first-order valence-corrected chi connectivity index (χ1v) is 8.47. The molecule has 3 rings (SSSR count). The number of hydrogen-bond donors (Lipinski definition) is 1. The van der Waals surface area contributed by atoms with Crippen LogP contribution in [-0.4, -0.2) is 33.4 Å². The summed E-state index contributed by atoms with van der Waals surface area (Å²) < 4.78 is 7.37. The van der Waals surface area contributed by atoms with Gasteiger partial charge in [-0.1, -0.05) is 19.9 Å². The van der Waals surface area contributed by atoms with Gasteiger partial charge in [0.05, 0.1) is 11.6 Å². The van der Waals surface area contributed by atoms with Gasteiger partial charge in [-0.25, -0.2) is 9.97 Å². The molecule has 0 aliphatic heterocycles. The van der Waals surface area contributed by atoms with Crippen molar-refractivity contribution in [3.63, 3.8) is 0 Å². The molecule has 0 saturated heterocycles. The van der Waals surface area contributed by atoms with Crippen LogP contribution in [0.1, 0.15) is 36.6 Å². The van der Waals surface area contributed by atoms with E-state index in [0.29, 0.717) is 6.54 Å². The van der Waals surface area contributed by atoms with Crippen molar-refractivity contribution in [2.24, 2.45) is 7.05 Å². The van der Waals surface area contributed by atoms with Crippen LogP contribution in [0.5, 0.6) is 0 Å². The first-order chi connectivity index (χ1) is 11.1. The van der Waals surface area contributed by atoms with Gasteiger partial charge in [-0.3, -0.25) is 4.68 Å². The van der Waals surface area contributed by atoms with Gasteiger partial charge in [-0.2, -0.15) is 5.10 Å². The number of hydrogen-bond acceptors (Lipinski definition) is 6. The largest absolute Gasteiger partial charge is 0.374 e. The van der Waals surface area contributed by atoms with Gasteiger partial charge in [-0.15, -0.1) is 11.3 Å². The first kappa shape index (κ1) is 15.9. The smallest absolute Gasteiger partial charge is 0.163 e. The minimum atomic E-state index is -0.000753. The SMILES string of the molecule is CO[C@@H](CNc1nc(C(C)C)nc2c1cnn2C)c1cccs1. The van der Waals surface area contributed by atoms with E-state index in [1.807, 2.05) is 13.1 Å². The normalized spacial score (nSPS) is 12.9. The number of thiophene rings is 1. The molecule has 3 aromatic heterocycles. The molecule has 0 saturated carbocycles. The summed E-state index contributed by atoms with van der Waals surface area (Å²) in [5, 5.41) is 10.7. The first-order valence-electron chi connectivity index (χ1n) is 7.60. The van der Waals surface area contributed by atoms with Crippen molar-refractivity contribution in [2.75, 3.05) is 19.0 Å². The number of nitrogens with one attached hydrogen (secondary N) is 1. The summed E-state index contributed by atoms with van der Waals surface area (Å²) in [6.45, 7) is 4.82. The number of fused-ring (bicyclic) bond motifs is 1. The Balaban J connectivity index is 1.89. The van der Waals surface area contributed by atoms with E-state index < -0.39 is 0 Å². The lowest BCUT2D eigenvalue weighted by Gasteiger charge is -2.16. The molecule has 0 fully saturated rings. The zero-order chi connectivity index (χ0) is 16.4. The lowest BCUT2D eigenvalue weighted by atomic mass is 10.2. The molecule has 0 unspecified atom stereocenters. The molecule has 23 heavy (non-hydrogen) atoms. The van der Waals surface area contributed by atoms with E-state index in [1.54, 1.807) is 29.3 Å². The Hall–Kier alpha value is -1.99. The molecular formula is C16H21N5OS. The third-order valence-electron chi connectivity index (χ3n) is 3.73. The molecule has 6 nitrogen and oxygen atoms in total. The van der Waals surface area contributed by atoms with E-state index in [2.05, 4.69) is 45.7 Å². The molecule has 3 aromatic rings. The number of aromatic nitrogens is 4. The van der Waals surface area contributed by atoms with E-state index in [0.717, 1.165) is 22.7 Å². The van der Waals surface area contributed by atoms with Crippen LogP contribution in [0.15, 0.2) is 23.7 Å². The summed E-state index contributed by atoms with van der Waals surface area (Å²) in [6.07, 6.45) is 1.80. The van der Waals surface area contributed by atoms with Crippen LogP contribution in [0.3, 0.4) is 0 Å². The predicted molar refractivity (Wildman–Crippen MR) is 93.0 cm³/mol. The Labute approximate surface area is 139 Å². The summed E-state index contributed by atoms with van der Waals surface area (Å²) in [7, 11) is 3.62. The molecule has 0 spiro atoms. The number of anilines is 1. The second-order valence-corrected chi connectivity index (χ2v) is 6.69. The van der Waals surface area contributed by atoms with E-state index >= 15 is 0 Å². The highest BCUT2D eigenvalue weighted by atomic mass is 32.1. The van der Waals surface area contributed by atoms with Crippen LogP contribution >= 0.6 is 11.3 Å². The van der Waals surface area contributed by atoms with Crippen molar-refractivity contribution in [2.45, 2.75) is 25.9 Å². The second-order valence-electron chi connectivity index (χ2n) is 5.71. The third kappa shape index (κ3) is 3.20. The average molecular weight is 331 g/mol. The van der Waals surface area contributed by atoms with Crippen LogP contribution < -0.4 is 5.32 Å². The highest BCUT2D eigenvalue weighted by Crippen LogP contribution is 2.25. The van der Waals surface area contributed by atoms with E-state index in [9.17, 15) is 0 Å². The van der Waals surface area contributed by atoms with Crippen molar-refractivity contribution in [3.8, 4) is 0 Å². The van der Waals surface area contributed by atoms with Crippen LogP contribution in [0, 0.1) is 0 Å². The topological polar surface area (TPSA) is 64.9 Å². The lowest BCUT2D eigenvalue weighted by Crippen LogP contribution is -2.15. The zero-order valence-corrected chi connectivity index (χ0v) is 14.6. The number of ether oxygens (including phenoxy) is 1. The van der Waals surface area contributed by atoms with Gasteiger partial charge < -0.3 is 10.1 Å². The highest BCUT2D eigenvalue weighted by Gasteiger charge is 2.16. The molecule has 1 atom stereocenters. The highest BCUT2D eigenvalue weighted by molar-refractivity contribution is 7.10. The molecule has 0 bridgehead atoms. The third-order valence-corrected chi connectivity index (χ3v) is 4.69. The molecule has 1 N–H and O–H groups in total. The number of nitrogens with zero attached hydrogens (tertiary/aromatic N) is 4. The second kappa shape index (κ2) is 6.64. The van der Waals surface area contributed by atoms with Gasteiger partial charge in [0, 0.05) is 31.5 Å². The molecule has 7 heteroatoms. The van der Waals surface area contributed by atoms with Crippen molar-refractivity contribution in [3.05, 3.63) is 34.4 Å². The van der Waals surface area contributed by atoms with E-state index in [1.165, 1.54) is 4.88 Å². The Morgan fingerprint density at radius 3 is 2.83 bits per heavy atom. The van der Waals surface area contributed by atoms with Crippen molar-refractivity contribution in [1.29, 1.82) is 0 Å². The summed E-state index contributed by atoms with van der Waals surface area (Å²) in [4.78, 5) is 10.5. The Morgan fingerprint density at radius 1 is 1.35 bits per heavy atom. The molecule has 3 heterocycles. The van der Waals surface area contributed by atoms with Gasteiger partial charge in [0.2, 0.25) is 0 Å². The molecule has 0 aliphatic rings. The molecule has 0 aliphatic carbocycles. The molecule has 0 radical (unpaired) electrons. The average Bonchev–Trinajstić information content (AvgIpc) is 3.18. The summed E-state index contributed by atoms with van der Waals surface area (Å²) in [5.74, 6) is 1.88. The van der Waals surface area contributed by atoms with Crippen LogP contribution in [-0.2, 0) is 11.8 Å². The van der Waals surface area contributed by atoms with Gasteiger partial charge >= 0.3 is 0 Å². The Bertz CT molecular complexity index is 781. The molecular weight excluding hydrogens is 310 g/mol. The fourth-order valence-corrected chi connectivity index (χ4v) is 3.20. The standard InChI is InChI=1S/C16H21N5OS/c1-10(2)14-19-15(11-8-18-21(3)16(11)20-14)17-9-12(22-4)13-6-5-7-23-13/h5-8,10,12H,9H2,1-4H3,(H,17,19,20)/t12-/m0/s1. The number of methoxy groups -OCH3 is 1. The van der Waals surface area contributed by atoms with Gasteiger partial charge in [-0.05, 0) is 11.4 Å².